The topological polar surface area (TPSA) is 127 Å². The van der Waals surface area contributed by atoms with E-state index < -0.39 is 11.9 Å². The molecule has 2 amide bonds. The van der Waals surface area contributed by atoms with Crippen molar-refractivity contribution in [1.29, 1.82) is 5.26 Å². The molecule has 0 saturated heterocycles. The van der Waals surface area contributed by atoms with Gasteiger partial charge in [-0.3, -0.25) is 9.59 Å². The van der Waals surface area contributed by atoms with Crippen LogP contribution >= 0.6 is 0 Å². The number of rotatable bonds is 9. The van der Waals surface area contributed by atoms with Gasteiger partial charge in [-0.05, 0) is 72.3 Å². The van der Waals surface area contributed by atoms with E-state index in [1.165, 1.54) is 37.5 Å². The average molecular weight is 485 g/mol. The summed E-state index contributed by atoms with van der Waals surface area (Å²) in [6.07, 6.45) is 1.41. The molecule has 0 fully saturated rings. The Labute approximate surface area is 207 Å². The molecule has 0 radical (unpaired) electrons. The van der Waals surface area contributed by atoms with E-state index in [1.54, 1.807) is 55.6 Å². The fourth-order valence-corrected chi connectivity index (χ4v) is 3.04. The van der Waals surface area contributed by atoms with E-state index in [-0.39, 0.29) is 18.1 Å². The van der Waals surface area contributed by atoms with Crippen LogP contribution in [0.3, 0.4) is 0 Å². The number of methoxy groups -OCH3 is 2. The summed E-state index contributed by atoms with van der Waals surface area (Å²) in [6.45, 7) is -0.230. The van der Waals surface area contributed by atoms with Crippen LogP contribution < -0.4 is 20.1 Å². The molecule has 9 nitrogen and oxygen atoms in total. The smallest absolute Gasteiger partial charge is 0.337 e. The van der Waals surface area contributed by atoms with Gasteiger partial charge in [0.1, 0.15) is 23.1 Å². The Morgan fingerprint density at radius 2 is 1.56 bits per heavy atom. The summed E-state index contributed by atoms with van der Waals surface area (Å²) in [7, 11) is 2.84. The van der Waals surface area contributed by atoms with E-state index >= 15 is 0 Å². The van der Waals surface area contributed by atoms with Crippen molar-refractivity contribution in [3.63, 3.8) is 0 Å². The lowest BCUT2D eigenvalue weighted by Gasteiger charge is -2.09. The van der Waals surface area contributed by atoms with Gasteiger partial charge in [-0.25, -0.2) is 4.79 Å². The number of carbonyl (C=O) groups is 3. The highest BCUT2D eigenvalue weighted by Gasteiger charge is 2.11. The average Bonchev–Trinajstić information content (AvgIpc) is 2.91. The van der Waals surface area contributed by atoms with Crippen molar-refractivity contribution in [2.45, 2.75) is 0 Å². The van der Waals surface area contributed by atoms with Gasteiger partial charge in [0.25, 0.3) is 11.8 Å². The number of nitriles is 1. The Hall–Kier alpha value is -5.10. The van der Waals surface area contributed by atoms with Gasteiger partial charge >= 0.3 is 5.97 Å². The van der Waals surface area contributed by atoms with Crippen molar-refractivity contribution < 1.29 is 28.6 Å². The number of anilines is 2. The molecular formula is C27H23N3O6. The molecule has 3 rings (SSSR count). The number of amides is 2. The van der Waals surface area contributed by atoms with Crippen molar-refractivity contribution in [3.8, 4) is 17.6 Å². The number of carbonyl (C=O) groups excluding carboxylic acids is 3. The summed E-state index contributed by atoms with van der Waals surface area (Å²) in [4.78, 5) is 36.3. The van der Waals surface area contributed by atoms with E-state index in [0.29, 0.717) is 34.0 Å². The molecule has 0 aliphatic carbocycles. The number of benzene rings is 3. The number of nitrogens with zero attached hydrogens (tertiary/aromatic N) is 1. The number of nitrogens with one attached hydrogen (secondary N) is 2. The van der Waals surface area contributed by atoms with Crippen LogP contribution in [0.5, 0.6) is 11.5 Å². The monoisotopic (exact) mass is 485 g/mol. The predicted molar refractivity (Wildman–Crippen MR) is 134 cm³/mol. The first kappa shape index (κ1) is 25.5. The Balaban J connectivity index is 1.60. The highest BCUT2D eigenvalue weighted by atomic mass is 16.5. The zero-order chi connectivity index (χ0) is 25.9. The molecule has 0 heterocycles. The molecule has 0 bridgehead atoms. The Bertz CT molecular complexity index is 1310. The van der Waals surface area contributed by atoms with E-state index in [2.05, 4.69) is 15.4 Å². The normalized spacial score (nSPS) is 10.5. The molecule has 36 heavy (non-hydrogen) atoms. The minimum absolute atomic E-state index is 0.138. The summed E-state index contributed by atoms with van der Waals surface area (Å²) in [6, 6.07) is 21.5. The van der Waals surface area contributed by atoms with Crippen LogP contribution in [0.2, 0.25) is 0 Å². The second-order valence-corrected chi connectivity index (χ2v) is 7.33. The molecule has 0 aromatic heterocycles. The molecule has 182 valence electrons. The fraction of sp³-hybridized carbons (Fsp3) is 0.111. The van der Waals surface area contributed by atoms with Crippen molar-refractivity contribution in [1.82, 2.24) is 0 Å². The van der Waals surface area contributed by atoms with E-state index in [1.807, 2.05) is 6.07 Å². The van der Waals surface area contributed by atoms with Crippen LogP contribution in [0, 0.1) is 11.3 Å². The minimum Gasteiger partial charge on any atom is -0.497 e. The minimum atomic E-state index is -0.617. The van der Waals surface area contributed by atoms with Crippen molar-refractivity contribution in [2.24, 2.45) is 0 Å². The molecule has 3 aromatic rings. The predicted octanol–water partition coefficient (Wildman–Crippen LogP) is 4.04. The fourth-order valence-electron chi connectivity index (χ4n) is 3.04. The maximum atomic E-state index is 12.6. The lowest BCUT2D eigenvalue weighted by atomic mass is 10.1. The lowest BCUT2D eigenvalue weighted by molar-refractivity contribution is -0.118. The number of esters is 1. The second kappa shape index (κ2) is 12.4. The maximum Gasteiger partial charge on any atom is 0.337 e. The molecule has 2 N–H and O–H groups in total. The van der Waals surface area contributed by atoms with E-state index in [9.17, 15) is 19.6 Å². The largest absolute Gasteiger partial charge is 0.497 e. The second-order valence-electron chi connectivity index (χ2n) is 7.33. The number of hydrogen-bond donors (Lipinski definition) is 2. The zero-order valence-corrected chi connectivity index (χ0v) is 19.6. The number of hydrogen-bond acceptors (Lipinski definition) is 7. The Morgan fingerprint density at radius 1 is 0.889 bits per heavy atom. The van der Waals surface area contributed by atoms with Gasteiger partial charge in [0.05, 0.1) is 19.8 Å². The molecule has 0 saturated carbocycles. The highest BCUT2D eigenvalue weighted by Crippen LogP contribution is 2.18. The van der Waals surface area contributed by atoms with Gasteiger partial charge in [-0.15, -0.1) is 0 Å². The first-order valence-corrected chi connectivity index (χ1v) is 10.7. The maximum absolute atomic E-state index is 12.6. The van der Waals surface area contributed by atoms with Gasteiger partial charge in [0, 0.05) is 11.4 Å². The third-order valence-electron chi connectivity index (χ3n) is 4.84. The van der Waals surface area contributed by atoms with Crippen LogP contribution in [0.25, 0.3) is 6.08 Å². The zero-order valence-electron chi connectivity index (χ0n) is 19.6. The van der Waals surface area contributed by atoms with Crippen molar-refractivity contribution in [2.75, 3.05) is 31.5 Å². The van der Waals surface area contributed by atoms with Gasteiger partial charge in [0.2, 0.25) is 0 Å². The van der Waals surface area contributed by atoms with E-state index in [4.69, 9.17) is 9.47 Å². The van der Waals surface area contributed by atoms with Gasteiger partial charge < -0.3 is 24.8 Å². The van der Waals surface area contributed by atoms with Gasteiger partial charge in [-0.1, -0.05) is 12.1 Å². The molecule has 0 aliphatic rings. The van der Waals surface area contributed by atoms with Gasteiger partial charge in [-0.2, -0.15) is 5.26 Å². The summed E-state index contributed by atoms with van der Waals surface area (Å²) in [5.74, 6) is -0.392. The molecule has 0 unspecified atom stereocenters. The first-order chi connectivity index (χ1) is 17.4. The highest BCUT2D eigenvalue weighted by molar-refractivity contribution is 6.09. The molecule has 9 heteroatoms. The van der Waals surface area contributed by atoms with Crippen molar-refractivity contribution >= 4 is 35.2 Å². The lowest BCUT2D eigenvalue weighted by Crippen LogP contribution is -2.20. The van der Waals surface area contributed by atoms with E-state index in [0.717, 1.165) is 0 Å². The van der Waals surface area contributed by atoms with Crippen LogP contribution in [0.4, 0.5) is 11.4 Å². The summed E-state index contributed by atoms with van der Waals surface area (Å²) in [5.41, 5.74) is 1.75. The first-order valence-electron chi connectivity index (χ1n) is 10.7. The quantitative estimate of drug-likeness (QED) is 0.266. The van der Waals surface area contributed by atoms with Crippen LogP contribution in [0.1, 0.15) is 15.9 Å². The molecule has 3 aromatic carbocycles. The molecule has 0 spiro atoms. The third kappa shape index (κ3) is 7.20. The Kier molecular flexibility index (Phi) is 8.78. The summed E-state index contributed by atoms with van der Waals surface area (Å²) in [5, 5.41) is 14.8. The molecule has 0 atom stereocenters. The Morgan fingerprint density at radius 3 is 2.19 bits per heavy atom. The summed E-state index contributed by atoms with van der Waals surface area (Å²) >= 11 is 0. The third-order valence-corrected chi connectivity index (χ3v) is 4.84. The van der Waals surface area contributed by atoms with Gasteiger partial charge in [0.15, 0.2) is 6.61 Å². The van der Waals surface area contributed by atoms with Crippen LogP contribution in [-0.2, 0) is 14.3 Å². The molecular weight excluding hydrogens is 462 g/mol. The SMILES string of the molecule is COC(=O)c1ccc(NC(=O)C(C#N)=Cc2cccc(OCC(=O)Nc3ccc(OC)cc3)c2)cc1. The standard InChI is InChI=1S/C27H23N3O6/c1-34-23-12-10-21(11-13-23)29-25(31)17-36-24-5-3-4-18(15-24)14-20(16-28)26(32)30-22-8-6-19(7-9-22)27(33)35-2/h3-15H,17H2,1-2H3,(H,29,31)(H,30,32). The molecule has 0 aliphatic heterocycles. The number of ether oxygens (including phenoxy) is 3. The van der Waals surface area contributed by atoms with Crippen LogP contribution in [-0.4, -0.2) is 38.6 Å². The summed E-state index contributed by atoms with van der Waals surface area (Å²) < 4.78 is 15.3. The van der Waals surface area contributed by atoms with Crippen molar-refractivity contribution in [3.05, 3.63) is 89.5 Å². The van der Waals surface area contributed by atoms with Crippen LogP contribution in [0.15, 0.2) is 78.4 Å².